The maximum Gasteiger partial charge on any atom is 0.0830 e. The van der Waals surface area contributed by atoms with E-state index in [0.29, 0.717) is 18.8 Å². The van der Waals surface area contributed by atoms with Crippen molar-refractivity contribution in [2.24, 2.45) is 0 Å². The van der Waals surface area contributed by atoms with E-state index in [1.54, 1.807) is 11.3 Å². The number of aromatic nitrogens is 1. The van der Waals surface area contributed by atoms with Crippen LogP contribution in [0.5, 0.6) is 0 Å². The molecule has 3 nitrogen and oxygen atoms in total. The lowest BCUT2D eigenvalue weighted by atomic mass is 9.92. The van der Waals surface area contributed by atoms with Crippen LogP contribution in [-0.4, -0.2) is 24.2 Å². The van der Waals surface area contributed by atoms with Crippen molar-refractivity contribution in [3.8, 4) is 0 Å². The van der Waals surface area contributed by atoms with Crippen LogP contribution in [-0.2, 0) is 11.3 Å². The SMILES string of the molecule is CNC1CCCCC1OCc1cncs1. The maximum absolute atomic E-state index is 5.94. The monoisotopic (exact) mass is 226 g/mol. The first-order valence-electron chi connectivity index (χ1n) is 5.56. The van der Waals surface area contributed by atoms with Gasteiger partial charge in [0, 0.05) is 12.2 Å². The molecule has 0 aromatic carbocycles. The molecule has 1 aliphatic carbocycles. The lowest BCUT2D eigenvalue weighted by molar-refractivity contribution is -0.00248. The van der Waals surface area contributed by atoms with E-state index in [1.165, 1.54) is 30.6 Å². The molecular weight excluding hydrogens is 208 g/mol. The quantitative estimate of drug-likeness (QED) is 0.854. The summed E-state index contributed by atoms with van der Waals surface area (Å²) in [4.78, 5) is 5.27. The molecule has 0 amide bonds. The summed E-state index contributed by atoms with van der Waals surface area (Å²) in [6.45, 7) is 0.716. The average molecular weight is 226 g/mol. The van der Waals surface area contributed by atoms with E-state index in [9.17, 15) is 0 Å². The van der Waals surface area contributed by atoms with Gasteiger partial charge in [-0.15, -0.1) is 11.3 Å². The molecule has 1 aliphatic rings. The fourth-order valence-electron chi connectivity index (χ4n) is 2.13. The smallest absolute Gasteiger partial charge is 0.0830 e. The Morgan fingerprint density at radius 3 is 3.13 bits per heavy atom. The van der Waals surface area contributed by atoms with Crippen molar-refractivity contribution in [2.75, 3.05) is 7.05 Å². The Bertz CT molecular complexity index is 276. The van der Waals surface area contributed by atoms with Gasteiger partial charge in [0.2, 0.25) is 0 Å². The second-order valence-electron chi connectivity index (χ2n) is 4.00. The van der Waals surface area contributed by atoms with Crippen molar-refractivity contribution in [3.63, 3.8) is 0 Å². The standard InChI is InChI=1S/C11H18N2OS/c1-12-10-4-2-3-5-11(10)14-7-9-6-13-8-15-9/h6,8,10-12H,2-5,7H2,1H3. The highest BCUT2D eigenvalue weighted by Gasteiger charge is 2.24. The molecule has 1 fully saturated rings. The molecule has 15 heavy (non-hydrogen) atoms. The predicted octanol–water partition coefficient (Wildman–Crippen LogP) is 2.19. The Morgan fingerprint density at radius 2 is 2.40 bits per heavy atom. The van der Waals surface area contributed by atoms with Gasteiger partial charge in [-0.2, -0.15) is 0 Å². The molecule has 0 radical (unpaired) electrons. The minimum Gasteiger partial charge on any atom is -0.371 e. The predicted molar refractivity (Wildman–Crippen MR) is 62.0 cm³/mol. The fraction of sp³-hybridized carbons (Fsp3) is 0.727. The Labute approximate surface area is 94.9 Å². The molecule has 1 aromatic heterocycles. The second-order valence-corrected chi connectivity index (χ2v) is 4.97. The Kier molecular flexibility index (Phi) is 4.11. The van der Waals surface area contributed by atoms with Crippen LogP contribution in [0.15, 0.2) is 11.7 Å². The molecule has 2 rings (SSSR count). The minimum atomic E-state index is 0.380. The molecule has 0 aliphatic heterocycles. The summed E-state index contributed by atoms with van der Waals surface area (Å²) in [6.07, 6.45) is 7.32. The average Bonchev–Trinajstić information content (AvgIpc) is 2.79. The van der Waals surface area contributed by atoms with Crippen LogP contribution < -0.4 is 5.32 Å². The third-order valence-corrected chi connectivity index (χ3v) is 3.75. The van der Waals surface area contributed by atoms with Crippen LogP contribution in [0.3, 0.4) is 0 Å². The first kappa shape index (κ1) is 11.0. The van der Waals surface area contributed by atoms with Crippen LogP contribution >= 0.6 is 11.3 Å². The van der Waals surface area contributed by atoms with Crippen LogP contribution in [0.4, 0.5) is 0 Å². The summed E-state index contributed by atoms with van der Waals surface area (Å²) in [6, 6.07) is 0.534. The van der Waals surface area contributed by atoms with Crippen LogP contribution in [0.1, 0.15) is 30.6 Å². The van der Waals surface area contributed by atoms with Crippen LogP contribution in [0, 0.1) is 0 Å². The zero-order chi connectivity index (χ0) is 10.5. The molecule has 4 heteroatoms. The first-order chi connectivity index (χ1) is 7.40. The third kappa shape index (κ3) is 3.00. The summed E-state index contributed by atoms with van der Waals surface area (Å²) >= 11 is 1.66. The fourth-order valence-corrected chi connectivity index (χ4v) is 2.64. The van der Waals surface area contributed by atoms with E-state index < -0.39 is 0 Å². The Balaban J connectivity index is 1.81. The van der Waals surface area contributed by atoms with Gasteiger partial charge >= 0.3 is 0 Å². The summed E-state index contributed by atoms with van der Waals surface area (Å²) in [5, 5.41) is 3.35. The molecule has 1 aromatic rings. The molecule has 0 saturated heterocycles. The van der Waals surface area contributed by atoms with Crippen LogP contribution in [0.2, 0.25) is 0 Å². The van der Waals surface area contributed by atoms with E-state index in [4.69, 9.17) is 4.74 Å². The van der Waals surface area contributed by atoms with E-state index in [1.807, 2.05) is 18.8 Å². The number of rotatable bonds is 4. The van der Waals surface area contributed by atoms with Gasteiger partial charge in [-0.05, 0) is 19.9 Å². The summed E-state index contributed by atoms with van der Waals surface area (Å²) < 4.78 is 5.94. The molecule has 1 N–H and O–H groups in total. The van der Waals surface area contributed by atoms with Crippen molar-refractivity contribution >= 4 is 11.3 Å². The number of likely N-dealkylation sites (N-methyl/N-ethyl adjacent to an activating group) is 1. The lowest BCUT2D eigenvalue weighted by Gasteiger charge is -2.31. The van der Waals surface area contributed by atoms with Gasteiger partial charge in [-0.25, -0.2) is 0 Å². The number of nitrogens with zero attached hydrogens (tertiary/aromatic N) is 1. The molecule has 84 valence electrons. The molecule has 0 bridgehead atoms. The first-order valence-corrected chi connectivity index (χ1v) is 6.44. The van der Waals surface area contributed by atoms with Crippen LogP contribution in [0.25, 0.3) is 0 Å². The molecule has 0 spiro atoms. The highest BCUT2D eigenvalue weighted by molar-refractivity contribution is 7.09. The molecule has 1 heterocycles. The van der Waals surface area contributed by atoms with Crippen molar-refractivity contribution in [1.29, 1.82) is 0 Å². The van der Waals surface area contributed by atoms with E-state index in [2.05, 4.69) is 10.3 Å². The summed E-state index contributed by atoms with van der Waals surface area (Å²) in [7, 11) is 2.03. The van der Waals surface area contributed by atoms with Crippen molar-refractivity contribution in [3.05, 3.63) is 16.6 Å². The van der Waals surface area contributed by atoms with Crippen molar-refractivity contribution in [1.82, 2.24) is 10.3 Å². The number of thiazole rings is 1. The zero-order valence-electron chi connectivity index (χ0n) is 9.11. The normalized spacial score (nSPS) is 26.7. The Morgan fingerprint density at radius 1 is 1.53 bits per heavy atom. The topological polar surface area (TPSA) is 34.1 Å². The number of hydrogen-bond acceptors (Lipinski definition) is 4. The summed E-state index contributed by atoms with van der Waals surface area (Å²) in [5.41, 5.74) is 1.86. The lowest BCUT2D eigenvalue weighted by Crippen LogP contribution is -2.41. The van der Waals surface area contributed by atoms with Gasteiger partial charge in [0.25, 0.3) is 0 Å². The highest BCUT2D eigenvalue weighted by Crippen LogP contribution is 2.22. The zero-order valence-corrected chi connectivity index (χ0v) is 9.93. The van der Waals surface area contributed by atoms with E-state index >= 15 is 0 Å². The number of hydrogen-bond donors (Lipinski definition) is 1. The Hall–Kier alpha value is -0.450. The van der Waals surface area contributed by atoms with E-state index in [-0.39, 0.29) is 0 Å². The van der Waals surface area contributed by atoms with Gasteiger partial charge in [0.05, 0.1) is 23.1 Å². The minimum absolute atomic E-state index is 0.380. The second kappa shape index (κ2) is 5.58. The molecular formula is C11H18N2OS. The summed E-state index contributed by atoms with van der Waals surface area (Å²) in [5.74, 6) is 0. The van der Waals surface area contributed by atoms with Gasteiger partial charge < -0.3 is 10.1 Å². The largest absolute Gasteiger partial charge is 0.371 e. The van der Waals surface area contributed by atoms with Gasteiger partial charge in [-0.3, -0.25) is 4.98 Å². The van der Waals surface area contributed by atoms with Crippen molar-refractivity contribution < 1.29 is 4.74 Å². The molecule has 2 atom stereocenters. The number of ether oxygens (including phenoxy) is 1. The van der Waals surface area contributed by atoms with Crippen molar-refractivity contribution in [2.45, 2.75) is 44.4 Å². The molecule has 2 unspecified atom stereocenters. The van der Waals surface area contributed by atoms with E-state index in [0.717, 1.165) is 0 Å². The highest BCUT2D eigenvalue weighted by atomic mass is 32.1. The maximum atomic E-state index is 5.94. The van der Waals surface area contributed by atoms with Gasteiger partial charge in [0.1, 0.15) is 0 Å². The number of nitrogens with one attached hydrogen (secondary N) is 1. The van der Waals surface area contributed by atoms with Gasteiger partial charge in [-0.1, -0.05) is 12.8 Å². The third-order valence-electron chi connectivity index (χ3n) is 3.00. The molecule has 1 saturated carbocycles. The van der Waals surface area contributed by atoms with Gasteiger partial charge in [0.15, 0.2) is 0 Å².